The molecule has 1 aromatic carbocycles. The average molecular weight is 264 g/mol. The summed E-state index contributed by atoms with van der Waals surface area (Å²) in [5.74, 6) is 6.37. The highest BCUT2D eigenvalue weighted by atomic mass is 35.5. The molecule has 0 aliphatic carbocycles. The van der Waals surface area contributed by atoms with Crippen molar-refractivity contribution in [3.05, 3.63) is 47.1 Å². The zero-order valence-electron chi connectivity index (χ0n) is 9.73. The maximum atomic E-state index is 5.82. The molecule has 0 aliphatic rings. The summed E-state index contributed by atoms with van der Waals surface area (Å²) in [6.45, 7) is 0.780. The van der Waals surface area contributed by atoms with Crippen molar-refractivity contribution >= 4 is 23.4 Å². The second-order valence-corrected chi connectivity index (χ2v) is 4.15. The summed E-state index contributed by atoms with van der Waals surface area (Å²) in [4.78, 5) is 8.09. The van der Waals surface area contributed by atoms with Crippen LogP contribution >= 0.6 is 11.6 Å². The predicted octanol–water partition coefficient (Wildman–Crippen LogP) is 2.07. The molecule has 2 rings (SSSR count). The monoisotopic (exact) mass is 263 g/mol. The smallest absolute Gasteiger partial charge is 0.239 e. The van der Waals surface area contributed by atoms with Gasteiger partial charge in [-0.15, -0.1) is 0 Å². The normalized spacial score (nSPS) is 10.1. The van der Waals surface area contributed by atoms with Gasteiger partial charge in [0.1, 0.15) is 5.82 Å². The Hall–Kier alpha value is -1.85. The minimum absolute atomic E-state index is 0.395. The number of hydrazine groups is 1. The fraction of sp³-hybridized carbons (Fsp3) is 0.167. The summed E-state index contributed by atoms with van der Waals surface area (Å²) in [6, 6.07) is 9.59. The van der Waals surface area contributed by atoms with E-state index in [9.17, 15) is 0 Å². The lowest BCUT2D eigenvalue weighted by molar-refractivity contribution is 0.997. The van der Waals surface area contributed by atoms with Crippen LogP contribution in [0.3, 0.4) is 0 Å². The molecule has 1 aromatic heterocycles. The van der Waals surface area contributed by atoms with E-state index >= 15 is 0 Å². The van der Waals surface area contributed by atoms with E-state index in [2.05, 4.69) is 20.7 Å². The van der Waals surface area contributed by atoms with E-state index in [0.29, 0.717) is 5.95 Å². The van der Waals surface area contributed by atoms with Crippen molar-refractivity contribution in [1.29, 1.82) is 0 Å². The van der Waals surface area contributed by atoms with Gasteiger partial charge in [-0.05, 0) is 30.2 Å². The van der Waals surface area contributed by atoms with Crippen molar-refractivity contribution < 1.29 is 0 Å². The van der Waals surface area contributed by atoms with Crippen molar-refractivity contribution in [3.63, 3.8) is 0 Å². The molecule has 4 N–H and O–H groups in total. The lowest BCUT2D eigenvalue weighted by Crippen LogP contribution is -2.12. The number of hydrogen-bond donors (Lipinski definition) is 3. The number of hydrogen-bond acceptors (Lipinski definition) is 5. The largest absolute Gasteiger partial charge is 0.370 e. The van der Waals surface area contributed by atoms with E-state index in [1.54, 1.807) is 12.3 Å². The lowest BCUT2D eigenvalue weighted by atomic mass is 10.1. The predicted molar refractivity (Wildman–Crippen MR) is 73.5 cm³/mol. The van der Waals surface area contributed by atoms with E-state index in [4.69, 9.17) is 17.4 Å². The summed E-state index contributed by atoms with van der Waals surface area (Å²) in [6.07, 6.45) is 2.54. The molecule has 0 atom stereocenters. The molecule has 0 fully saturated rings. The summed E-state index contributed by atoms with van der Waals surface area (Å²) >= 11 is 5.82. The SMILES string of the molecule is NNc1nccc(NCCc2ccc(Cl)cc2)n1. The van der Waals surface area contributed by atoms with Crippen molar-refractivity contribution in [2.24, 2.45) is 5.84 Å². The first-order valence-corrected chi connectivity index (χ1v) is 5.94. The molecule has 0 radical (unpaired) electrons. The highest BCUT2D eigenvalue weighted by Crippen LogP contribution is 2.10. The third-order valence-electron chi connectivity index (χ3n) is 2.42. The number of benzene rings is 1. The molecule has 0 aliphatic heterocycles. The Morgan fingerprint density at radius 3 is 2.67 bits per heavy atom. The minimum Gasteiger partial charge on any atom is -0.370 e. The molecule has 0 saturated carbocycles. The number of anilines is 2. The highest BCUT2D eigenvalue weighted by molar-refractivity contribution is 6.30. The van der Waals surface area contributed by atoms with E-state index < -0.39 is 0 Å². The Morgan fingerprint density at radius 1 is 1.17 bits per heavy atom. The summed E-state index contributed by atoms with van der Waals surface area (Å²) < 4.78 is 0. The molecule has 18 heavy (non-hydrogen) atoms. The first kappa shape index (κ1) is 12.6. The maximum absolute atomic E-state index is 5.82. The van der Waals surface area contributed by atoms with E-state index in [-0.39, 0.29) is 0 Å². The van der Waals surface area contributed by atoms with Crippen LogP contribution in [0.25, 0.3) is 0 Å². The van der Waals surface area contributed by atoms with Gasteiger partial charge in [0.05, 0.1) is 0 Å². The molecular weight excluding hydrogens is 250 g/mol. The third-order valence-corrected chi connectivity index (χ3v) is 2.67. The number of halogens is 1. The van der Waals surface area contributed by atoms with Gasteiger partial charge in [0.25, 0.3) is 0 Å². The van der Waals surface area contributed by atoms with Crippen LogP contribution in [0.2, 0.25) is 5.02 Å². The van der Waals surface area contributed by atoms with E-state index in [1.165, 1.54) is 5.56 Å². The Labute approximate surface area is 110 Å². The molecule has 2 aromatic rings. The molecular formula is C12H14ClN5. The minimum atomic E-state index is 0.395. The number of nitrogen functional groups attached to an aromatic ring is 1. The number of nitrogens with zero attached hydrogens (tertiary/aromatic N) is 2. The van der Waals surface area contributed by atoms with Crippen LogP contribution in [0.4, 0.5) is 11.8 Å². The lowest BCUT2D eigenvalue weighted by Gasteiger charge is -2.06. The second kappa shape index (κ2) is 6.18. The first-order valence-electron chi connectivity index (χ1n) is 5.56. The zero-order valence-corrected chi connectivity index (χ0v) is 10.5. The van der Waals surface area contributed by atoms with Crippen molar-refractivity contribution in [2.45, 2.75) is 6.42 Å². The summed E-state index contributed by atoms with van der Waals surface area (Å²) in [7, 11) is 0. The Balaban J connectivity index is 1.86. The number of rotatable bonds is 5. The Morgan fingerprint density at radius 2 is 1.94 bits per heavy atom. The molecule has 0 unspecified atom stereocenters. The molecule has 0 spiro atoms. The average Bonchev–Trinajstić information content (AvgIpc) is 2.41. The van der Waals surface area contributed by atoms with Gasteiger partial charge < -0.3 is 5.32 Å². The van der Waals surface area contributed by atoms with Crippen LogP contribution in [-0.4, -0.2) is 16.5 Å². The number of aromatic nitrogens is 2. The number of nitrogens with one attached hydrogen (secondary N) is 2. The van der Waals surface area contributed by atoms with Gasteiger partial charge in [0.2, 0.25) is 5.95 Å². The second-order valence-electron chi connectivity index (χ2n) is 3.71. The van der Waals surface area contributed by atoms with Crippen LogP contribution in [-0.2, 0) is 6.42 Å². The van der Waals surface area contributed by atoms with Gasteiger partial charge in [0, 0.05) is 17.8 Å². The van der Waals surface area contributed by atoms with Gasteiger partial charge in [-0.1, -0.05) is 23.7 Å². The van der Waals surface area contributed by atoms with Crippen LogP contribution in [0, 0.1) is 0 Å². The summed E-state index contributed by atoms with van der Waals surface area (Å²) in [5.41, 5.74) is 3.63. The van der Waals surface area contributed by atoms with E-state index in [0.717, 1.165) is 23.8 Å². The van der Waals surface area contributed by atoms with Gasteiger partial charge in [0.15, 0.2) is 0 Å². The van der Waals surface area contributed by atoms with Gasteiger partial charge in [-0.25, -0.2) is 10.8 Å². The zero-order chi connectivity index (χ0) is 12.8. The molecule has 0 amide bonds. The van der Waals surface area contributed by atoms with Crippen LogP contribution < -0.4 is 16.6 Å². The third kappa shape index (κ3) is 3.58. The van der Waals surface area contributed by atoms with Crippen molar-refractivity contribution in [3.8, 4) is 0 Å². The standard InChI is InChI=1S/C12H14ClN5/c13-10-3-1-9(2-4-10)5-7-15-11-6-8-16-12(17-11)18-14/h1-4,6,8H,5,7,14H2,(H2,15,16,17,18). The molecule has 0 bridgehead atoms. The van der Waals surface area contributed by atoms with E-state index in [1.807, 2.05) is 24.3 Å². The van der Waals surface area contributed by atoms with Gasteiger partial charge in [-0.3, -0.25) is 5.43 Å². The molecule has 5 nitrogen and oxygen atoms in total. The van der Waals surface area contributed by atoms with Crippen LogP contribution in [0.5, 0.6) is 0 Å². The van der Waals surface area contributed by atoms with Crippen LogP contribution in [0.15, 0.2) is 36.5 Å². The van der Waals surface area contributed by atoms with Crippen molar-refractivity contribution in [1.82, 2.24) is 9.97 Å². The topological polar surface area (TPSA) is 75.9 Å². The summed E-state index contributed by atoms with van der Waals surface area (Å²) in [5, 5.41) is 3.95. The number of nitrogens with two attached hydrogens (primary N) is 1. The molecule has 1 heterocycles. The molecule has 0 saturated heterocycles. The quantitative estimate of drug-likeness (QED) is 0.569. The fourth-order valence-electron chi connectivity index (χ4n) is 1.51. The van der Waals surface area contributed by atoms with Crippen molar-refractivity contribution in [2.75, 3.05) is 17.3 Å². The Bertz CT molecular complexity index is 500. The molecule has 94 valence electrons. The van der Waals surface area contributed by atoms with Crippen LogP contribution in [0.1, 0.15) is 5.56 Å². The first-order chi connectivity index (χ1) is 8.78. The molecule has 6 heteroatoms. The highest BCUT2D eigenvalue weighted by Gasteiger charge is 1.97. The van der Waals surface area contributed by atoms with Gasteiger partial charge in [-0.2, -0.15) is 4.98 Å². The maximum Gasteiger partial charge on any atom is 0.239 e. The van der Waals surface area contributed by atoms with Gasteiger partial charge >= 0.3 is 0 Å². The fourth-order valence-corrected chi connectivity index (χ4v) is 1.64. The Kier molecular flexibility index (Phi) is 4.33.